The molecule has 2 amide bonds. The highest BCUT2D eigenvalue weighted by molar-refractivity contribution is 5.93. The van der Waals surface area contributed by atoms with E-state index in [0.717, 1.165) is 5.56 Å². The van der Waals surface area contributed by atoms with Gasteiger partial charge in [0.1, 0.15) is 0 Å². The summed E-state index contributed by atoms with van der Waals surface area (Å²) in [5.74, 6) is -0.930. The van der Waals surface area contributed by atoms with Gasteiger partial charge in [0.25, 0.3) is 0 Å². The number of aromatic nitrogens is 3. The number of hydrogen-bond acceptors (Lipinski definition) is 5. The smallest absolute Gasteiger partial charge is 0.230 e. The fourth-order valence-electron chi connectivity index (χ4n) is 2.26. The Bertz CT molecular complexity index is 743. The van der Waals surface area contributed by atoms with Crippen molar-refractivity contribution in [3.8, 4) is 5.75 Å². The Hall–Kier alpha value is -2.90. The van der Waals surface area contributed by atoms with Gasteiger partial charge in [-0.15, -0.1) is 0 Å². The van der Waals surface area contributed by atoms with Crippen LogP contribution in [-0.4, -0.2) is 37.7 Å². The van der Waals surface area contributed by atoms with Crippen molar-refractivity contribution < 1.29 is 14.7 Å². The van der Waals surface area contributed by atoms with Crippen LogP contribution in [0.2, 0.25) is 0 Å². The van der Waals surface area contributed by atoms with Crippen molar-refractivity contribution in [1.82, 2.24) is 20.1 Å². The van der Waals surface area contributed by atoms with Gasteiger partial charge in [-0.25, -0.2) is 4.98 Å². The summed E-state index contributed by atoms with van der Waals surface area (Å²) >= 11 is 0. The summed E-state index contributed by atoms with van der Waals surface area (Å²) in [5.41, 5.74) is 0.988. The van der Waals surface area contributed by atoms with E-state index in [0.29, 0.717) is 12.8 Å². The lowest BCUT2D eigenvalue weighted by Gasteiger charge is -2.20. The summed E-state index contributed by atoms with van der Waals surface area (Å²) in [7, 11) is 1.82. The van der Waals surface area contributed by atoms with Crippen LogP contribution in [0.4, 0.5) is 5.82 Å². The number of nitrogens with zero attached hydrogens (tertiary/aromatic N) is 3. The van der Waals surface area contributed by atoms with Crippen LogP contribution < -0.4 is 10.6 Å². The van der Waals surface area contributed by atoms with Gasteiger partial charge in [0.2, 0.25) is 11.8 Å². The van der Waals surface area contributed by atoms with Crippen molar-refractivity contribution in [3.63, 3.8) is 0 Å². The van der Waals surface area contributed by atoms with Gasteiger partial charge in [0.05, 0.1) is 12.1 Å². The Labute approximate surface area is 146 Å². The number of aryl methyl sites for hydroxylation is 2. The first kappa shape index (κ1) is 18.4. The number of anilines is 1. The molecule has 0 aliphatic heterocycles. The third-order valence-corrected chi connectivity index (χ3v) is 3.98. The zero-order valence-corrected chi connectivity index (χ0v) is 14.6. The van der Waals surface area contributed by atoms with E-state index in [1.165, 1.54) is 12.3 Å². The van der Waals surface area contributed by atoms with Gasteiger partial charge in [0.15, 0.2) is 11.6 Å². The Morgan fingerprint density at radius 1 is 1.36 bits per heavy atom. The molecule has 25 heavy (non-hydrogen) atoms. The predicted octanol–water partition coefficient (Wildman–Crippen LogP) is 1.23. The maximum absolute atomic E-state index is 12.2. The molecule has 2 aromatic heterocycles. The third kappa shape index (κ3) is 5.30. The normalized spacial score (nSPS) is 13.1. The minimum Gasteiger partial charge on any atom is -0.504 e. The van der Waals surface area contributed by atoms with Gasteiger partial charge in [0, 0.05) is 31.9 Å². The predicted molar refractivity (Wildman–Crippen MR) is 92.8 cm³/mol. The second kappa shape index (κ2) is 8.27. The van der Waals surface area contributed by atoms with Crippen molar-refractivity contribution >= 4 is 17.6 Å². The van der Waals surface area contributed by atoms with Gasteiger partial charge in [-0.3, -0.25) is 14.3 Å². The molecule has 0 spiro atoms. The molecule has 0 saturated heterocycles. The third-order valence-electron chi connectivity index (χ3n) is 3.98. The summed E-state index contributed by atoms with van der Waals surface area (Å²) < 4.78 is 1.69. The molecule has 0 aliphatic carbocycles. The largest absolute Gasteiger partial charge is 0.504 e. The number of hydrogen-bond donors (Lipinski definition) is 3. The number of aromatic hydroxyl groups is 1. The summed E-state index contributed by atoms with van der Waals surface area (Å²) in [5, 5.41) is 19.1. The fraction of sp³-hybridized carbons (Fsp3) is 0.412. The SMILES string of the molecule is C[C@@H](NC(=O)CCc1cnn(C)c1)[C@@H](C)C(=O)Nc1ncccc1O. The Morgan fingerprint density at radius 2 is 2.12 bits per heavy atom. The molecule has 0 unspecified atom stereocenters. The van der Waals surface area contributed by atoms with Gasteiger partial charge >= 0.3 is 0 Å². The maximum Gasteiger partial charge on any atom is 0.230 e. The quantitative estimate of drug-likeness (QED) is 0.699. The van der Waals surface area contributed by atoms with Crippen LogP contribution in [0.1, 0.15) is 25.8 Å². The second-order valence-corrected chi connectivity index (χ2v) is 6.03. The number of nitrogens with one attached hydrogen (secondary N) is 2. The summed E-state index contributed by atoms with van der Waals surface area (Å²) in [4.78, 5) is 28.2. The fourth-order valence-corrected chi connectivity index (χ4v) is 2.26. The highest BCUT2D eigenvalue weighted by Crippen LogP contribution is 2.19. The molecular weight excluding hydrogens is 322 g/mol. The van der Waals surface area contributed by atoms with Crippen LogP contribution >= 0.6 is 0 Å². The van der Waals surface area contributed by atoms with Crippen molar-refractivity contribution in [1.29, 1.82) is 0 Å². The highest BCUT2D eigenvalue weighted by Gasteiger charge is 2.22. The van der Waals surface area contributed by atoms with Gasteiger partial charge in [-0.2, -0.15) is 5.10 Å². The van der Waals surface area contributed by atoms with E-state index in [1.807, 2.05) is 13.2 Å². The molecule has 0 saturated carbocycles. The Balaban J connectivity index is 1.82. The molecule has 0 radical (unpaired) electrons. The molecule has 2 rings (SSSR count). The van der Waals surface area contributed by atoms with E-state index >= 15 is 0 Å². The molecule has 3 N–H and O–H groups in total. The van der Waals surface area contributed by atoms with Crippen LogP contribution in [0.25, 0.3) is 0 Å². The molecule has 0 aliphatic rings. The van der Waals surface area contributed by atoms with E-state index in [4.69, 9.17) is 0 Å². The standard InChI is InChI=1S/C17H23N5O3/c1-11(17(25)21-16-14(23)5-4-8-18-16)12(2)20-15(24)7-6-13-9-19-22(3)10-13/h4-5,8-12,23H,6-7H2,1-3H3,(H,20,24)(H,18,21,25)/t11-,12-/m1/s1. The lowest BCUT2D eigenvalue weighted by Crippen LogP contribution is -2.42. The van der Waals surface area contributed by atoms with Crippen LogP contribution in [-0.2, 0) is 23.1 Å². The average Bonchev–Trinajstić information content (AvgIpc) is 2.99. The minimum atomic E-state index is -0.483. The van der Waals surface area contributed by atoms with Crippen molar-refractivity contribution in [3.05, 3.63) is 36.3 Å². The number of carbonyl (C=O) groups is 2. The first-order valence-electron chi connectivity index (χ1n) is 8.08. The average molecular weight is 345 g/mol. The molecule has 8 nitrogen and oxygen atoms in total. The summed E-state index contributed by atoms with van der Waals surface area (Å²) in [6.45, 7) is 3.48. The van der Waals surface area contributed by atoms with Crippen molar-refractivity contribution in [2.75, 3.05) is 5.32 Å². The molecular formula is C17H23N5O3. The Morgan fingerprint density at radius 3 is 2.76 bits per heavy atom. The molecule has 0 aromatic carbocycles. The van der Waals surface area contributed by atoms with E-state index in [9.17, 15) is 14.7 Å². The number of carbonyl (C=O) groups excluding carboxylic acids is 2. The van der Waals surface area contributed by atoms with Crippen molar-refractivity contribution in [2.45, 2.75) is 32.7 Å². The second-order valence-electron chi connectivity index (χ2n) is 6.03. The molecule has 8 heteroatoms. The summed E-state index contributed by atoms with van der Waals surface area (Å²) in [6.07, 6.45) is 5.99. The Kier molecular flexibility index (Phi) is 6.10. The first-order valence-corrected chi connectivity index (χ1v) is 8.08. The zero-order chi connectivity index (χ0) is 18.4. The molecule has 2 heterocycles. The van der Waals surface area contributed by atoms with E-state index < -0.39 is 5.92 Å². The van der Waals surface area contributed by atoms with Crippen LogP contribution in [0.5, 0.6) is 5.75 Å². The maximum atomic E-state index is 12.2. The van der Waals surface area contributed by atoms with Crippen molar-refractivity contribution in [2.24, 2.45) is 13.0 Å². The van der Waals surface area contributed by atoms with E-state index in [2.05, 4.69) is 20.7 Å². The van der Waals surface area contributed by atoms with E-state index in [-0.39, 0.29) is 29.4 Å². The van der Waals surface area contributed by atoms with Crippen LogP contribution in [0, 0.1) is 5.92 Å². The molecule has 0 fully saturated rings. The van der Waals surface area contributed by atoms with Gasteiger partial charge < -0.3 is 15.7 Å². The molecule has 0 bridgehead atoms. The minimum absolute atomic E-state index is 0.101. The first-order chi connectivity index (χ1) is 11.9. The zero-order valence-electron chi connectivity index (χ0n) is 14.6. The van der Waals surface area contributed by atoms with Crippen LogP contribution in [0.3, 0.4) is 0 Å². The number of amides is 2. The molecule has 134 valence electrons. The highest BCUT2D eigenvalue weighted by atomic mass is 16.3. The molecule has 2 aromatic rings. The lowest BCUT2D eigenvalue weighted by atomic mass is 10.0. The van der Waals surface area contributed by atoms with Gasteiger partial charge in [-0.1, -0.05) is 6.92 Å². The van der Waals surface area contributed by atoms with Crippen LogP contribution in [0.15, 0.2) is 30.7 Å². The topological polar surface area (TPSA) is 109 Å². The molecule has 2 atom stereocenters. The van der Waals surface area contributed by atoms with Gasteiger partial charge in [-0.05, 0) is 31.0 Å². The lowest BCUT2D eigenvalue weighted by molar-refractivity contribution is -0.123. The number of rotatable bonds is 7. The van der Waals surface area contributed by atoms with E-state index in [1.54, 1.807) is 30.8 Å². The number of pyridine rings is 1. The monoisotopic (exact) mass is 345 g/mol. The summed E-state index contributed by atoms with van der Waals surface area (Å²) in [6, 6.07) is 2.66.